The molecule has 0 saturated carbocycles. The number of carbonyl (C=O) groups is 1. The van der Waals surface area contributed by atoms with E-state index in [2.05, 4.69) is 36.6 Å². The van der Waals surface area contributed by atoms with E-state index in [1.807, 2.05) is 60.7 Å². The van der Waals surface area contributed by atoms with Crippen molar-refractivity contribution in [2.45, 2.75) is 19.9 Å². The predicted octanol–water partition coefficient (Wildman–Crippen LogP) is 4.77. The summed E-state index contributed by atoms with van der Waals surface area (Å²) >= 11 is 0. The Hall–Kier alpha value is -2.65. The fourth-order valence-electron chi connectivity index (χ4n) is 3.13. The van der Waals surface area contributed by atoms with E-state index in [0.29, 0.717) is 5.92 Å². The van der Waals surface area contributed by atoms with Gasteiger partial charge in [0.2, 0.25) is 5.91 Å². The Bertz CT molecular complexity index is 838. The SMILES string of the molecule is CC(C)[C@@H](NCC(=O)Nc1cccc2ccccc12)c1ccccc1. The smallest absolute Gasteiger partial charge is 0.238 e. The fraction of sp³-hybridized carbons (Fsp3) is 0.227. The zero-order chi connectivity index (χ0) is 17.6. The molecule has 1 atom stereocenters. The molecule has 1 amide bonds. The summed E-state index contributed by atoms with van der Waals surface area (Å²) in [7, 11) is 0. The first-order valence-corrected chi connectivity index (χ1v) is 8.71. The molecule has 0 spiro atoms. The van der Waals surface area contributed by atoms with Gasteiger partial charge in [0.05, 0.1) is 6.54 Å². The summed E-state index contributed by atoms with van der Waals surface area (Å²) in [5, 5.41) is 8.60. The third kappa shape index (κ3) is 4.25. The molecule has 0 fully saturated rings. The maximum Gasteiger partial charge on any atom is 0.238 e. The minimum atomic E-state index is -0.0297. The van der Waals surface area contributed by atoms with E-state index in [-0.39, 0.29) is 18.5 Å². The molecule has 128 valence electrons. The number of hydrogen-bond acceptors (Lipinski definition) is 2. The fourth-order valence-corrected chi connectivity index (χ4v) is 3.13. The summed E-state index contributed by atoms with van der Waals surface area (Å²) in [6, 6.07) is 24.4. The van der Waals surface area contributed by atoms with Crippen LogP contribution in [0.25, 0.3) is 10.8 Å². The molecule has 0 aliphatic carbocycles. The maximum atomic E-state index is 12.4. The summed E-state index contributed by atoms with van der Waals surface area (Å²) in [5.41, 5.74) is 2.06. The highest BCUT2D eigenvalue weighted by Gasteiger charge is 2.16. The van der Waals surface area contributed by atoms with Crippen molar-refractivity contribution in [2.24, 2.45) is 5.92 Å². The number of benzene rings is 3. The Morgan fingerprint density at radius 1 is 0.880 bits per heavy atom. The molecule has 0 saturated heterocycles. The normalized spacial score (nSPS) is 12.3. The van der Waals surface area contributed by atoms with Crippen LogP contribution in [0.5, 0.6) is 0 Å². The largest absolute Gasteiger partial charge is 0.324 e. The predicted molar refractivity (Wildman–Crippen MR) is 105 cm³/mol. The third-order valence-electron chi connectivity index (χ3n) is 4.37. The van der Waals surface area contributed by atoms with Crippen LogP contribution in [0.1, 0.15) is 25.5 Å². The van der Waals surface area contributed by atoms with Gasteiger partial charge < -0.3 is 10.6 Å². The standard InChI is InChI=1S/C22H24N2O/c1-16(2)22(18-10-4-3-5-11-18)23-15-21(25)24-20-14-8-12-17-9-6-7-13-19(17)20/h3-14,16,22-23H,15H2,1-2H3,(H,24,25)/t22-/m1/s1. The molecule has 0 aliphatic heterocycles. The highest BCUT2D eigenvalue weighted by molar-refractivity contribution is 6.02. The van der Waals surface area contributed by atoms with Gasteiger partial charge in [-0.25, -0.2) is 0 Å². The molecule has 0 aliphatic rings. The highest BCUT2D eigenvalue weighted by Crippen LogP contribution is 2.23. The average Bonchev–Trinajstić information content (AvgIpc) is 2.63. The average molecular weight is 332 g/mol. The van der Waals surface area contributed by atoms with Crippen molar-refractivity contribution in [3.63, 3.8) is 0 Å². The van der Waals surface area contributed by atoms with Crippen molar-refractivity contribution in [3.8, 4) is 0 Å². The third-order valence-corrected chi connectivity index (χ3v) is 4.37. The Morgan fingerprint density at radius 2 is 1.56 bits per heavy atom. The molecule has 0 radical (unpaired) electrons. The first-order chi connectivity index (χ1) is 12.1. The second-order valence-corrected chi connectivity index (χ2v) is 6.59. The van der Waals surface area contributed by atoms with Gasteiger partial charge in [-0.1, -0.05) is 80.6 Å². The molecule has 3 aromatic carbocycles. The van der Waals surface area contributed by atoms with Crippen molar-refractivity contribution in [3.05, 3.63) is 78.4 Å². The molecule has 2 N–H and O–H groups in total. The molecule has 0 unspecified atom stereocenters. The molecule has 0 heterocycles. The van der Waals surface area contributed by atoms with Crippen molar-refractivity contribution < 1.29 is 4.79 Å². The molecule has 0 aromatic heterocycles. The van der Waals surface area contributed by atoms with Gasteiger partial charge in [0, 0.05) is 17.1 Å². The van der Waals surface area contributed by atoms with E-state index in [4.69, 9.17) is 0 Å². The molecular formula is C22H24N2O. The number of rotatable bonds is 6. The van der Waals surface area contributed by atoms with Crippen molar-refractivity contribution in [1.82, 2.24) is 5.32 Å². The molecule has 25 heavy (non-hydrogen) atoms. The lowest BCUT2D eigenvalue weighted by atomic mass is 9.96. The van der Waals surface area contributed by atoms with Gasteiger partial charge >= 0.3 is 0 Å². The first kappa shape index (κ1) is 17.2. The van der Waals surface area contributed by atoms with Crippen molar-refractivity contribution in [2.75, 3.05) is 11.9 Å². The maximum absolute atomic E-state index is 12.4. The Morgan fingerprint density at radius 3 is 2.32 bits per heavy atom. The van der Waals surface area contributed by atoms with Crippen LogP contribution in [0.4, 0.5) is 5.69 Å². The molecular weight excluding hydrogens is 308 g/mol. The van der Waals surface area contributed by atoms with Gasteiger partial charge in [-0.05, 0) is 22.9 Å². The highest BCUT2D eigenvalue weighted by atomic mass is 16.1. The van der Waals surface area contributed by atoms with E-state index in [1.54, 1.807) is 0 Å². The number of amides is 1. The summed E-state index contributed by atoms with van der Waals surface area (Å²) in [4.78, 5) is 12.4. The van der Waals surface area contributed by atoms with E-state index in [1.165, 1.54) is 5.56 Å². The Kier molecular flexibility index (Phi) is 5.46. The molecule has 0 bridgehead atoms. The van der Waals surface area contributed by atoms with E-state index in [9.17, 15) is 4.79 Å². The van der Waals surface area contributed by atoms with Crippen LogP contribution in [0, 0.1) is 5.92 Å². The number of carbonyl (C=O) groups excluding carboxylic acids is 1. The number of fused-ring (bicyclic) bond motifs is 1. The van der Waals surface area contributed by atoms with Crippen LogP contribution in [-0.4, -0.2) is 12.5 Å². The van der Waals surface area contributed by atoms with Gasteiger partial charge in [0.1, 0.15) is 0 Å². The Balaban J connectivity index is 1.67. The topological polar surface area (TPSA) is 41.1 Å². The first-order valence-electron chi connectivity index (χ1n) is 8.71. The lowest BCUT2D eigenvalue weighted by molar-refractivity contribution is -0.115. The van der Waals surface area contributed by atoms with Gasteiger partial charge in [0.25, 0.3) is 0 Å². The van der Waals surface area contributed by atoms with E-state index in [0.717, 1.165) is 16.5 Å². The van der Waals surface area contributed by atoms with Crippen LogP contribution >= 0.6 is 0 Å². The molecule has 3 aromatic rings. The number of anilines is 1. The summed E-state index contributed by atoms with van der Waals surface area (Å²) < 4.78 is 0. The van der Waals surface area contributed by atoms with Gasteiger partial charge in [-0.2, -0.15) is 0 Å². The van der Waals surface area contributed by atoms with E-state index >= 15 is 0 Å². The van der Waals surface area contributed by atoms with E-state index < -0.39 is 0 Å². The van der Waals surface area contributed by atoms with Gasteiger partial charge in [-0.3, -0.25) is 4.79 Å². The van der Waals surface area contributed by atoms with Crippen LogP contribution in [0.15, 0.2) is 72.8 Å². The second-order valence-electron chi connectivity index (χ2n) is 6.59. The summed E-state index contributed by atoms with van der Waals surface area (Å²) in [6.45, 7) is 4.60. The summed E-state index contributed by atoms with van der Waals surface area (Å²) in [5.74, 6) is 0.366. The lowest BCUT2D eigenvalue weighted by Crippen LogP contribution is -2.33. The molecule has 3 heteroatoms. The zero-order valence-electron chi connectivity index (χ0n) is 14.7. The summed E-state index contributed by atoms with van der Waals surface area (Å²) in [6.07, 6.45) is 0. The van der Waals surface area contributed by atoms with Gasteiger partial charge in [-0.15, -0.1) is 0 Å². The van der Waals surface area contributed by atoms with Crippen molar-refractivity contribution in [1.29, 1.82) is 0 Å². The zero-order valence-corrected chi connectivity index (χ0v) is 14.7. The lowest BCUT2D eigenvalue weighted by Gasteiger charge is -2.23. The Labute approximate surface area is 149 Å². The van der Waals surface area contributed by atoms with Crippen molar-refractivity contribution >= 4 is 22.4 Å². The molecule has 3 nitrogen and oxygen atoms in total. The quantitative estimate of drug-likeness (QED) is 0.683. The minimum Gasteiger partial charge on any atom is -0.324 e. The second kappa shape index (κ2) is 7.95. The van der Waals surface area contributed by atoms with Crippen LogP contribution in [0.2, 0.25) is 0 Å². The number of hydrogen-bond donors (Lipinski definition) is 2. The number of nitrogens with one attached hydrogen (secondary N) is 2. The van der Waals surface area contributed by atoms with Crippen LogP contribution in [0.3, 0.4) is 0 Å². The minimum absolute atomic E-state index is 0.0297. The molecule has 3 rings (SSSR count). The van der Waals surface area contributed by atoms with Crippen LogP contribution < -0.4 is 10.6 Å². The monoisotopic (exact) mass is 332 g/mol. The van der Waals surface area contributed by atoms with Gasteiger partial charge in [0.15, 0.2) is 0 Å². The van der Waals surface area contributed by atoms with Crippen LogP contribution in [-0.2, 0) is 4.79 Å².